The largest absolute Gasteiger partial charge is 0.338 e. The quantitative estimate of drug-likeness (QED) is 0.776. The molecule has 19 heavy (non-hydrogen) atoms. The van der Waals surface area contributed by atoms with E-state index < -0.39 is 0 Å². The highest BCUT2D eigenvalue weighted by molar-refractivity contribution is 5.61. The highest BCUT2D eigenvalue weighted by Gasteiger charge is 2.35. The maximum atomic E-state index is 13.2. The fourth-order valence-electron chi connectivity index (χ4n) is 3.17. The van der Waals surface area contributed by atoms with Crippen LogP contribution in [-0.2, 0) is 6.42 Å². The van der Waals surface area contributed by atoms with Crippen molar-refractivity contribution in [3.05, 3.63) is 41.3 Å². The molecule has 3 N–H and O–H groups in total. The molecule has 1 fully saturated rings. The Kier molecular flexibility index (Phi) is 2.35. The van der Waals surface area contributed by atoms with Gasteiger partial charge < -0.3 is 10.6 Å². The Bertz CT molecular complexity index is 622. The summed E-state index contributed by atoms with van der Waals surface area (Å²) in [4.78, 5) is 0. The Hall–Kier alpha value is -1.88. The van der Waals surface area contributed by atoms with Crippen LogP contribution in [0.2, 0.25) is 0 Å². The van der Waals surface area contributed by atoms with Crippen molar-refractivity contribution in [1.29, 1.82) is 0 Å². The van der Waals surface area contributed by atoms with Crippen molar-refractivity contribution < 1.29 is 4.39 Å². The average molecular weight is 258 g/mol. The van der Waals surface area contributed by atoms with Gasteiger partial charge in [0.05, 0.1) is 0 Å². The van der Waals surface area contributed by atoms with Gasteiger partial charge in [0.2, 0.25) is 0 Å². The first kappa shape index (κ1) is 11.0. The van der Waals surface area contributed by atoms with Gasteiger partial charge in [0.15, 0.2) is 5.82 Å². The van der Waals surface area contributed by atoms with Crippen molar-refractivity contribution in [2.45, 2.75) is 31.3 Å². The van der Waals surface area contributed by atoms with Gasteiger partial charge in [-0.3, -0.25) is 5.10 Å². The number of hydrogen-bond donors (Lipinski definition) is 3. The molecule has 0 aliphatic carbocycles. The van der Waals surface area contributed by atoms with Crippen LogP contribution < -0.4 is 10.6 Å². The van der Waals surface area contributed by atoms with Gasteiger partial charge in [-0.05, 0) is 31.0 Å². The molecule has 3 heterocycles. The summed E-state index contributed by atoms with van der Waals surface area (Å²) in [6.45, 7) is 0. The molecule has 2 aliphatic heterocycles. The molecule has 98 valence electrons. The van der Waals surface area contributed by atoms with Crippen LogP contribution in [0.4, 0.5) is 15.9 Å². The first-order valence-corrected chi connectivity index (χ1v) is 6.65. The van der Waals surface area contributed by atoms with Gasteiger partial charge in [-0.2, -0.15) is 5.10 Å². The van der Waals surface area contributed by atoms with E-state index in [1.165, 1.54) is 29.8 Å². The molecule has 4 nitrogen and oxygen atoms in total. The normalized spacial score (nSPS) is 24.3. The summed E-state index contributed by atoms with van der Waals surface area (Å²) < 4.78 is 13.2. The van der Waals surface area contributed by atoms with Crippen molar-refractivity contribution in [3.63, 3.8) is 0 Å². The zero-order chi connectivity index (χ0) is 12.8. The van der Waals surface area contributed by atoms with Crippen LogP contribution in [0.15, 0.2) is 24.3 Å². The van der Waals surface area contributed by atoms with E-state index in [1.54, 1.807) is 6.07 Å². The Morgan fingerprint density at radius 3 is 3.16 bits per heavy atom. The third-order valence-corrected chi connectivity index (χ3v) is 4.01. The molecular formula is C14H15FN4. The van der Waals surface area contributed by atoms with E-state index in [9.17, 15) is 4.39 Å². The number of anilines is 2. The van der Waals surface area contributed by atoms with Crippen molar-refractivity contribution in [2.75, 3.05) is 5.32 Å². The highest BCUT2D eigenvalue weighted by atomic mass is 19.1. The van der Waals surface area contributed by atoms with E-state index in [0.717, 1.165) is 24.3 Å². The van der Waals surface area contributed by atoms with Crippen molar-refractivity contribution >= 4 is 11.5 Å². The molecule has 1 saturated heterocycles. The second-order valence-corrected chi connectivity index (χ2v) is 5.30. The maximum absolute atomic E-state index is 13.2. The number of hydrogen-bond acceptors (Lipinski definition) is 3. The van der Waals surface area contributed by atoms with Crippen LogP contribution in [0.25, 0.3) is 0 Å². The molecule has 2 aromatic rings. The number of benzene rings is 1. The summed E-state index contributed by atoms with van der Waals surface area (Å²) in [5.41, 5.74) is 3.16. The van der Waals surface area contributed by atoms with Gasteiger partial charge in [-0.1, -0.05) is 6.07 Å². The average Bonchev–Trinajstić information content (AvgIpc) is 2.96. The maximum Gasteiger partial charge on any atom is 0.157 e. The zero-order valence-electron chi connectivity index (χ0n) is 10.4. The number of nitrogens with zero attached hydrogens (tertiary/aromatic N) is 1. The van der Waals surface area contributed by atoms with Gasteiger partial charge in [-0.25, -0.2) is 4.39 Å². The first-order valence-electron chi connectivity index (χ1n) is 6.65. The molecule has 4 rings (SSSR count). The van der Waals surface area contributed by atoms with Crippen molar-refractivity contribution in [3.8, 4) is 0 Å². The summed E-state index contributed by atoms with van der Waals surface area (Å²) in [7, 11) is 0. The van der Waals surface area contributed by atoms with Crippen LogP contribution in [0.5, 0.6) is 0 Å². The Labute approximate surface area is 110 Å². The molecule has 2 aliphatic rings. The van der Waals surface area contributed by atoms with Gasteiger partial charge in [0, 0.05) is 35.4 Å². The fraction of sp³-hybridized carbons (Fsp3) is 0.357. The number of nitrogens with one attached hydrogen (secondary N) is 3. The molecular weight excluding hydrogens is 243 g/mol. The predicted octanol–water partition coefficient (Wildman–Crippen LogP) is 2.64. The molecule has 1 aromatic heterocycles. The smallest absolute Gasteiger partial charge is 0.157 e. The third-order valence-electron chi connectivity index (χ3n) is 4.01. The van der Waals surface area contributed by atoms with E-state index in [-0.39, 0.29) is 5.82 Å². The van der Waals surface area contributed by atoms with Crippen LogP contribution in [0, 0.1) is 5.82 Å². The number of aromatic amines is 1. The monoisotopic (exact) mass is 258 g/mol. The van der Waals surface area contributed by atoms with E-state index in [4.69, 9.17) is 0 Å². The Morgan fingerprint density at radius 2 is 2.26 bits per heavy atom. The summed E-state index contributed by atoms with van der Waals surface area (Å²) in [6.07, 6.45) is 3.37. The number of H-pyrrole nitrogens is 1. The number of aromatic nitrogens is 2. The van der Waals surface area contributed by atoms with Gasteiger partial charge in [0.25, 0.3) is 0 Å². The molecule has 2 atom stereocenters. The molecule has 2 unspecified atom stereocenters. The molecule has 5 heteroatoms. The minimum absolute atomic E-state index is 0.242. The van der Waals surface area contributed by atoms with Crippen LogP contribution >= 0.6 is 0 Å². The molecule has 0 spiro atoms. The number of halogens is 1. The second-order valence-electron chi connectivity index (χ2n) is 5.30. The number of fused-ring (bicyclic) bond motifs is 4. The minimum Gasteiger partial charge on any atom is -0.338 e. The summed E-state index contributed by atoms with van der Waals surface area (Å²) in [5, 5.41) is 14.3. The Balaban J connectivity index is 1.68. The van der Waals surface area contributed by atoms with Gasteiger partial charge in [0.1, 0.15) is 5.82 Å². The van der Waals surface area contributed by atoms with Gasteiger partial charge >= 0.3 is 0 Å². The summed E-state index contributed by atoms with van der Waals surface area (Å²) in [5.74, 6) is 0.576. The van der Waals surface area contributed by atoms with Crippen LogP contribution in [-0.4, -0.2) is 16.2 Å². The first-order chi connectivity index (χ1) is 9.29. The number of rotatable bonds is 2. The van der Waals surface area contributed by atoms with Crippen molar-refractivity contribution in [1.82, 2.24) is 15.5 Å². The van der Waals surface area contributed by atoms with E-state index in [1.807, 2.05) is 6.07 Å². The second kappa shape index (κ2) is 4.06. The third kappa shape index (κ3) is 1.81. The van der Waals surface area contributed by atoms with Crippen molar-refractivity contribution in [2.24, 2.45) is 0 Å². The standard InChI is InChI=1S/C14H15FN4/c15-8-2-1-3-9(6-8)17-14-13-11-5-4-10(16-11)7-12(13)18-19-14/h1-3,6,10-11,16H,4-5,7H2,(H2,17,18,19). The molecule has 2 bridgehead atoms. The predicted molar refractivity (Wildman–Crippen MR) is 70.9 cm³/mol. The summed E-state index contributed by atoms with van der Waals surface area (Å²) in [6, 6.07) is 7.42. The topological polar surface area (TPSA) is 52.7 Å². The van der Waals surface area contributed by atoms with Gasteiger partial charge in [-0.15, -0.1) is 0 Å². The SMILES string of the molecule is Fc1cccc(Nc2n[nH]c3c2C2CCC(C3)N2)c1. The van der Waals surface area contributed by atoms with Crippen LogP contribution in [0.1, 0.15) is 30.1 Å². The minimum atomic E-state index is -0.242. The lowest BCUT2D eigenvalue weighted by atomic mass is 10.0. The molecule has 0 amide bonds. The lowest BCUT2D eigenvalue weighted by Crippen LogP contribution is -2.31. The fourth-order valence-corrected chi connectivity index (χ4v) is 3.17. The molecule has 0 saturated carbocycles. The van der Waals surface area contributed by atoms with E-state index >= 15 is 0 Å². The lowest BCUT2D eigenvalue weighted by Gasteiger charge is -2.21. The highest BCUT2D eigenvalue weighted by Crippen LogP contribution is 2.39. The van der Waals surface area contributed by atoms with Crippen LogP contribution in [0.3, 0.4) is 0 Å². The Morgan fingerprint density at radius 1 is 1.32 bits per heavy atom. The molecule has 1 aromatic carbocycles. The van der Waals surface area contributed by atoms with E-state index in [2.05, 4.69) is 20.8 Å². The lowest BCUT2D eigenvalue weighted by molar-refractivity contribution is 0.511. The molecule has 0 radical (unpaired) electrons. The summed E-state index contributed by atoms with van der Waals surface area (Å²) >= 11 is 0. The van der Waals surface area contributed by atoms with E-state index in [0.29, 0.717) is 12.1 Å². The zero-order valence-corrected chi connectivity index (χ0v) is 10.4.